The monoisotopic (exact) mass is 486 g/mol. The molecule has 0 radical (unpaired) electrons. The molecule has 2 heteroatoms. The van der Waals surface area contributed by atoms with E-state index < -0.39 is 0 Å². The maximum absolute atomic E-state index is 4.02. The Kier molecular flexibility index (Phi) is 9.34. The van der Waals surface area contributed by atoms with Crippen LogP contribution in [0.2, 0.25) is 0 Å². The van der Waals surface area contributed by atoms with Gasteiger partial charge in [0.25, 0.3) is 0 Å². The number of nitrogens with zero attached hydrogens (tertiary/aromatic N) is 1. The van der Waals surface area contributed by atoms with Gasteiger partial charge in [0.1, 0.15) is 0 Å². The third-order valence-electron chi connectivity index (χ3n) is 9.10. The zero-order valence-corrected chi connectivity index (χ0v) is 23.7. The second kappa shape index (κ2) is 12.5. The number of allylic oxidation sites excluding steroid dienone is 5. The van der Waals surface area contributed by atoms with Crippen LogP contribution in [0.15, 0.2) is 48.6 Å². The van der Waals surface area contributed by atoms with E-state index in [-0.39, 0.29) is 0 Å². The van der Waals surface area contributed by atoms with Gasteiger partial charge in [0.2, 0.25) is 0 Å². The highest BCUT2D eigenvalue weighted by Crippen LogP contribution is 2.38. The smallest absolute Gasteiger partial charge is 0.0499 e. The number of aromatic amines is 1. The van der Waals surface area contributed by atoms with Gasteiger partial charge in [-0.25, -0.2) is 0 Å². The molecular formula is C34H50N2. The summed E-state index contributed by atoms with van der Waals surface area (Å²) in [7, 11) is 0. The van der Waals surface area contributed by atoms with Crippen LogP contribution in [0.3, 0.4) is 0 Å². The molecule has 1 aromatic heterocycles. The van der Waals surface area contributed by atoms with Gasteiger partial charge in [0, 0.05) is 23.1 Å². The maximum Gasteiger partial charge on any atom is 0.0499 e. The van der Waals surface area contributed by atoms with E-state index in [4.69, 9.17) is 0 Å². The molecule has 2 fully saturated rings. The Hall–Kier alpha value is -2.06. The number of nitrogens with one attached hydrogen (secondary N) is 1. The number of rotatable bonds is 9. The zero-order chi connectivity index (χ0) is 25.7. The molecule has 1 N–H and O–H groups in total. The predicted octanol–water partition coefficient (Wildman–Crippen LogP) is 9.61. The molecule has 1 unspecified atom stereocenters. The van der Waals surface area contributed by atoms with E-state index in [1.54, 1.807) is 0 Å². The van der Waals surface area contributed by atoms with Crippen molar-refractivity contribution in [2.45, 2.75) is 97.8 Å². The van der Waals surface area contributed by atoms with Crippen LogP contribution in [0.1, 0.15) is 115 Å². The third-order valence-corrected chi connectivity index (χ3v) is 9.10. The van der Waals surface area contributed by atoms with Crippen LogP contribution in [-0.2, 0) is 0 Å². The summed E-state index contributed by atoms with van der Waals surface area (Å²) in [6, 6.07) is 7.25. The van der Waals surface area contributed by atoms with Crippen molar-refractivity contribution in [3.63, 3.8) is 0 Å². The van der Waals surface area contributed by atoms with Crippen molar-refractivity contribution in [3.8, 4) is 0 Å². The zero-order valence-electron chi connectivity index (χ0n) is 23.7. The quantitative estimate of drug-likeness (QED) is 0.349. The van der Waals surface area contributed by atoms with Crippen LogP contribution in [0, 0.1) is 11.8 Å². The second-order valence-electron chi connectivity index (χ2n) is 12.0. The molecule has 2 nitrogen and oxygen atoms in total. The summed E-state index contributed by atoms with van der Waals surface area (Å²) in [5.74, 6) is 2.67. The summed E-state index contributed by atoms with van der Waals surface area (Å²) in [6.45, 7) is 19.4. The van der Waals surface area contributed by atoms with E-state index in [9.17, 15) is 0 Å². The van der Waals surface area contributed by atoms with Crippen molar-refractivity contribution < 1.29 is 0 Å². The number of benzene rings is 1. The minimum atomic E-state index is 0.451. The molecule has 1 aromatic carbocycles. The Morgan fingerprint density at radius 1 is 1.08 bits per heavy atom. The summed E-state index contributed by atoms with van der Waals surface area (Å²) in [6.07, 6.45) is 17.5. The van der Waals surface area contributed by atoms with Gasteiger partial charge < -0.3 is 9.88 Å². The average molecular weight is 487 g/mol. The largest absolute Gasteiger partial charge is 0.354 e. The minimum Gasteiger partial charge on any atom is -0.354 e. The van der Waals surface area contributed by atoms with Crippen molar-refractivity contribution in [3.05, 3.63) is 65.4 Å². The predicted molar refractivity (Wildman–Crippen MR) is 159 cm³/mol. The first-order valence-corrected chi connectivity index (χ1v) is 14.8. The van der Waals surface area contributed by atoms with Crippen molar-refractivity contribution >= 4 is 16.5 Å². The Morgan fingerprint density at radius 3 is 2.44 bits per heavy atom. The standard InChI is InChI=1S/C34H50N2/c1-7-12-30(21-26(6)25(5)8-2)34-33(24(3)4)31-22-29(15-16-32(31)35-34)28-17-19-36(20-18-28)23-27-13-10-9-11-14-27/h7,12,15-16,21-22,24-25,27-28,35H,1,8-11,13-14,17-20,23H2,2-6H3/b26-21-,30-12+. The Bertz CT molecular complexity index is 1070. The number of H-pyrrole nitrogens is 1. The van der Waals surface area contributed by atoms with Gasteiger partial charge in [0.15, 0.2) is 0 Å². The highest BCUT2D eigenvalue weighted by molar-refractivity contribution is 5.92. The first-order chi connectivity index (χ1) is 17.4. The van der Waals surface area contributed by atoms with E-state index in [0.29, 0.717) is 17.8 Å². The summed E-state index contributed by atoms with van der Waals surface area (Å²) in [4.78, 5) is 6.57. The van der Waals surface area contributed by atoms with Crippen molar-refractivity contribution in [2.75, 3.05) is 19.6 Å². The molecule has 4 rings (SSSR count). The lowest BCUT2D eigenvalue weighted by molar-refractivity contribution is 0.164. The van der Waals surface area contributed by atoms with Gasteiger partial charge >= 0.3 is 0 Å². The lowest BCUT2D eigenvalue weighted by Crippen LogP contribution is -2.37. The van der Waals surface area contributed by atoms with Crippen molar-refractivity contribution in [2.24, 2.45) is 11.8 Å². The Morgan fingerprint density at radius 2 is 1.81 bits per heavy atom. The van der Waals surface area contributed by atoms with Crippen molar-refractivity contribution in [1.82, 2.24) is 9.88 Å². The number of hydrogen-bond acceptors (Lipinski definition) is 1. The molecule has 1 atom stereocenters. The van der Waals surface area contributed by atoms with Crippen LogP contribution in [0.25, 0.3) is 16.5 Å². The first-order valence-electron chi connectivity index (χ1n) is 14.8. The molecule has 2 aliphatic rings. The van der Waals surface area contributed by atoms with Gasteiger partial charge in [-0.2, -0.15) is 0 Å². The third kappa shape index (κ3) is 6.25. The fraction of sp³-hybridized carbons (Fsp3) is 0.588. The molecule has 0 bridgehead atoms. The highest BCUT2D eigenvalue weighted by Gasteiger charge is 2.25. The normalized spacial score (nSPS) is 20.4. The van der Waals surface area contributed by atoms with E-state index >= 15 is 0 Å². The molecule has 2 aromatic rings. The molecule has 0 amide bonds. The molecule has 1 aliphatic carbocycles. The number of piperidine rings is 1. The fourth-order valence-electron chi connectivity index (χ4n) is 6.54. The van der Waals surface area contributed by atoms with Crippen LogP contribution in [0.4, 0.5) is 0 Å². The van der Waals surface area contributed by atoms with Crippen LogP contribution >= 0.6 is 0 Å². The van der Waals surface area contributed by atoms with Gasteiger partial charge in [-0.3, -0.25) is 0 Å². The van der Waals surface area contributed by atoms with Crippen LogP contribution in [-0.4, -0.2) is 29.5 Å². The minimum absolute atomic E-state index is 0.451. The molecule has 36 heavy (non-hydrogen) atoms. The molecule has 0 spiro atoms. The van der Waals surface area contributed by atoms with Gasteiger partial charge in [0.05, 0.1) is 0 Å². The summed E-state index contributed by atoms with van der Waals surface area (Å²) in [5.41, 5.74) is 8.19. The van der Waals surface area contributed by atoms with E-state index in [2.05, 4.69) is 81.4 Å². The molecule has 1 saturated carbocycles. The average Bonchev–Trinajstić information content (AvgIpc) is 3.28. The molecule has 2 heterocycles. The van der Waals surface area contributed by atoms with E-state index in [1.807, 2.05) is 6.08 Å². The lowest BCUT2D eigenvalue weighted by atomic mass is 9.85. The molecule has 1 aliphatic heterocycles. The molecule has 1 saturated heterocycles. The summed E-state index contributed by atoms with van der Waals surface area (Å²) < 4.78 is 0. The van der Waals surface area contributed by atoms with Crippen LogP contribution in [0.5, 0.6) is 0 Å². The van der Waals surface area contributed by atoms with E-state index in [1.165, 1.54) is 103 Å². The van der Waals surface area contributed by atoms with Gasteiger partial charge in [-0.1, -0.05) is 83.4 Å². The highest BCUT2D eigenvalue weighted by atomic mass is 15.1. The Labute approximate surface area is 220 Å². The molecular weight excluding hydrogens is 436 g/mol. The first kappa shape index (κ1) is 27.0. The summed E-state index contributed by atoms with van der Waals surface area (Å²) in [5, 5.41) is 1.41. The van der Waals surface area contributed by atoms with Gasteiger partial charge in [-0.05, 0) is 105 Å². The number of hydrogen-bond donors (Lipinski definition) is 1. The number of likely N-dealkylation sites (tertiary alicyclic amines) is 1. The molecule has 196 valence electrons. The number of aromatic nitrogens is 1. The van der Waals surface area contributed by atoms with Gasteiger partial charge in [-0.15, -0.1) is 0 Å². The maximum atomic E-state index is 4.02. The second-order valence-corrected chi connectivity index (χ2v) is 12.0. The SMILES string of the molecule is C=C/C=C(\C=C(\C)C(C)CC)c1[nH]c2ccc(C3CCN(CC4CCCCC4)CC3)cc2c1C(C)C. The lowest BCUT2D eigenvalue weighted by Gasteiger charge is -2.35. The number of fused-ring (bicyclic) bond motifs is 1. The Balaban J connectivity index is 1.57. The summed E-state index contributed by atoms with van der Waals surface area (Å²) >= 11 is 0. The van der Waals surface area contributed by atoms with Crippen LogP contribution < -0.4 is 0 Å². The fourth-order valence-corrected chi connectivity index (χ4v) is 6.54. The topological polar surface area (TPSA) is 19.0 Å². The van der Waals surface area contributed by atoms with E-state index in [0.717, 1.165) is 12.3 Å². The van der Waals surface area contributed by atoms with Crippen molar-refractivity contribution in [1.29, 1.82) is 0 Å².